The number of aromatic nitrogens is 3. The van der Waals surface area contributed by atoms with E-state index in [-0.39, 0.29) is 0 Å². The van der Waals surface area contributed by atoms with Crippen LogP contribution in [0.15, 0.2) is 73.2 Å². The van der Waals surface area contributed by atoms with E-state index >= 15 is 0 Å². The third-order valence-electron chi connectivity index (χ3n) is 4.45. The predicted molar refractivity (Wildman–Crippen MR) is 111 cm³/mol. The van der Waals surface area contributed by atoms with Crippen molar-refractivity contribution in [1.29, 1.82) is 0 Å². The molecular weight excluding hydrogens is 334 g/mol. The minimum absolute atomic E-state index is 0.691. The third kappa shape index (κ3) is 3.87. The summed E-state index contributed by atoms with van der Waals surface area (Å²) < 4.78 is 0. The van der Waals surface area contributed by atoms with Crippen molar-refractivity contribution in [1.82, 2.24) is 15.0 Å². The molecule has 134 valence electrons. The van der Waals surface area contributed by atoms with E-state index in [4.69, 9.17) is 4.98 Å². The molecule has 0 atom stereocenters. The zero-order valence-corrected chi connectivity index (χ0v) is 15.4. The van der Waals surface area contributed by atoms with Gasteiger partial charge in [-0.05, 0) is 42.0 Å². The molecule has 0 unspecified atom stereocenters. The molecule has 0 radical (unpaired) electrons. The number of hydrogen-bond acceptors (Lipinski definition) is 5. The van der Waals surface area contributed by atoms with Gasteiger partial charge in [-0.3, -0.25) is 9.97 Å². The van der Waals surface area contributed by atoms with E-state index in [0.29, 0.717) is 6.54 Å². The van der Waals surface area contributed by atoms with Gasteiger partial charge in [0.15, 0.2) is 0 Å². The second kappa shape index (κ2) is 7.41. The smallest absolute Gasteiger partial charge is 0.126 e. The first-order chi connectivity index (χ1) is 13.2. The van der Waals surface area contributed by atoms with Gasteiger partial charge in [0, 0.05) is 55.9 Å². The largest absolute Gasteiger partial charge is 0.378 e. The average molecular weight is 355 g/mol. The van der Waals surface area contributed by atoms with Crippen molar-refractivity contribution in [2.24, 2.45) is 0 Å². The highest BCUT2D eigenvalue weighted by Crippen LogP contribution is 2.24. The fourth-order valence-corrected chi connectivity index (χ4v) is 2.90. The first kappa shape index (κ1) is 17.0. The van der Waals surface area contributed by atoms with Gasteiger partial charge in [0.25, 0.3) is 0 Å². The van der Waals surface area contributed by atoms with Crippen molar-refractivity contribution in [2.75, 3.05) is 24.3 Å². The molecule has 0 saturated carbocycles. The second-order valence-corrected chi connectivity index (χ2v) is 6.61. The van der Waals surface area contributed by atoms with Crippen LogP contribution in [0.4, 0.5) is 11.5 Å². The SMILES string of the molecule is CN(C)c1ccc(-c2cc3nc(NCc4cccnc4)ccc3cn2)cc1. The monoisotopic (exact) mass is 355 g/mol. The van der Waals surface area contributed by atoms with Gasteiger partial charge in [-0.25, -0.2) is 4.98 Å². The molecule has 0 aliphatic heterocycles. The molecule has 0 aliphatic rings. The molecule has 0 amide bonds. The number of hydrogen-bond donors (Lipinski definition) is 1. The van der Waals surface area contributed by atoms with E-state index in [1.54, 1.807) is 6.20 Å². The van der Waals surface area contributed by atoms with Crippen LogP contribution in [0.5, 0.6) is 0 Å². The Hall–Kier alpha value is -3.47. The lowest BCUT2D eigenvalue weighted by Crippen LogP contribution is -2.07. The summed E-state index contributed by atoms with van der Waals surface area (Å²) in [6.45, 7) is 0.691. The Morgan fingerprint density at radius 1 is 0.963 bits per heavy atom. The lowest BCUT2D eigenvalue weighted by atomic mass is 10.1. The fraction of sp³-hybridized carbons (Fsp3) is 0.136. The summed E-state index contributed by atoms with van der Waals surface area (Å²) in [5, 5.41) is 4.38. The number of nitrogens with zero attached hydrogens (tertiary/aromatic N) is 4. The minimum atomic E-state index is 0.691. The molecule has 0 saturated heterocycles. The molecule has 4 rings (SSSR count). The molecule has 4 aromatic rings. The molecule has 3 aromatic heterocycles. The lowest BCUT2D eigenvalue weighted by molar-refractivity contribution is 1.09. The van der Waals surface area contributed by atoms with Gasteiger partial charge in [-0.2, -0.15) is 0 Å². The zero-order valence-electron chi connectivity index (χ0n) is 15.4. The van der Waals surface area contributed by atoms with Crippen LogP contribution in [0.3, 0.4) is 0 Å². The Balaban J connectivity index is 1.59. The van der Waals surface area contributed by atoms with Crippen LogP contribution in [0.1, 0.15) is 5.56 Å². The highest BCUT2D eigenvalue weighted by molar-refractivity contribution is 5.83. The van der Waals surface area contributed by atoms with Crippen LogP contribution >= 0.6 is 0 Å². The van der Waals surface area contributed by atoms with Crippen molar-refractivity contribution in [3.8, 4) is 11.3 Å². The molecule has 0 spiro atoms. The van der Waals surface area contributed by atoms with Gasteiger partial charge in [-0.15, -0.1) is 0 Å². The van der Waals surface area contributed by atoms with Gasteiger partial charge in [0.2, 0.25) is 0 Å². The summed E-state index contributed by atoms with van der Waals surface area (Å²) in [4.78, 5) is 15.6. The Bertz CT molecular complexity index is 1040. The molecular formula is C22H21N5. The number of benzene rings is 1. The van der Waals surface area contributed by atoms with E-state index in [0.717, 1.165) is 33.5 Å². The minimum Gasteiger partial charge on any atom is -0.378 e. The Morgan fingerprint density at radius 3 is 2.56 bits per heavy atom. The summed E-state index contributed by atoms with van der Waals surface area (Å²) in [6, 6.07) is 18.4. The highest BCUT2D eigenvalue weighted by Gasteiger charge is 2.05. The van der Waals surface area contributed by atoms with E-state index in [2.05, 4.69) is 44.5 Å². The average Bonchev–Trinajstić information content (AvgIpc) is 2.72. The van der Waals surface area contributed by atoms with Crippen LogP contribution in [0.25, 0.3) is 22.2 Å². The Kier molecular flexibility index (Phi) is 4.66. The van der Waals surface area contributed by atoms with Crippen LogP contribution in [-0.2, 0) is 6.54 Å². The maximum atomic E-state index is 4.74. The first-order valence-corrected chi connectivity index (χ1v) is 8.86. The van der Waals surface area contributed by atoms with E-state index < -0.39 is 0 Å². The van der Waals surface area contributed by atoms with Crippen molar-refractivity contribution in [3.05, 3.63) is 78.8 Å². The summed E-state index contributed by atoms with van der Waals surface area (Å²) >= 11 is 0. The summed E-state index contributed by atoms with van der Waals surface area (Å²) in [7, 11) is 4.07. The number of rotatable bonds is 5. The van der Waals surface area contributed by atoms with Gasteiger partial charge in [-0.1, -0.05) is 18.2 Å². The van der Waals surface area contributed by atoms with Gasteiger partial charge < -0.3 is 10.2 Å². The lowest BCUT2D eigenvalue weighted by Gasteiger charge is -2.12. The normalized spacial score (nSPS) is 10.7. The van der Waals surface area contributed by atoms with Crippen LogP contribution in [-0.4, -0.2) is 29.0 Å². The Labute approximate surface area is 158 Å². The predicted octanol–water partition coefficient (Wildman–Crippen LogP) is 4.37. The van der Waals surface area contributed by atoms with Crippen molar-refractivity contribution < 1.29 is 0 Å². The van der Waals surface area contributed by atoms with Crippen LogP contribution in [0.2, 0.25) is 0 Å². The number of pyridine rings is 3. The van der Waals surface area contributed by atoms with Crippen molar-refractivity contribution in [3.63, 3.8) is 0 Å². The summed E-state index contributed by atoms with van der Waals surface area (Å²) in [5.74, 6) is 0.839. The summed E-state index contributed by atoms with van der Waals surface area (Å²) in [5.41, 5.74) is 5.21. The maximum absolute atomic E-state index is 4.74. The molecule has 3 heterocycles. The standard InChI is InChI=1S/C22H21N5/c1-27(2)19-8-5-17(6-9-19)20-12-21-18(15-24-20)7-10-22(26-21)25-14-16-4-3-11-23-13-16/h3-13,15H,14H2,1-2H3,(H,25,26). The molecule has 5 heteroatoms. The van der Waals surface area contributed by atoms with E-state index in [9.17, 15) is 0 Å². The molecule has 1 aromatic carbocycles. The molecule has 0 fully saturated rings. The highest BCUT2D eigenvalue weighted by atomic mass is 15.1. The quantitative estimate of drug-likeness (QED) is 0.576. The fourth-order valence-electron chi connectivity index (χ4n) is 2.90. The third-order valence-corrected chi connectivity index (χ3v) is 4.45. The molecule has 1 N–H and O–H groups in total. The molecule has 0 bridgehead atoms. The second-order valence-electron chi connectivity index (χ2n) is 6.61. The number of fused-ring (bicyclic) bond motifs is 1. The van der Waals surface area contributed by atoms with Crippen molar-refractivity contribution in [2.45, 2.75) is 6.54 Å². The van der Waals surface area contributed by atoms with Gasteiger partial charge >= 0.3 is 0 Å². The summed E-state index contributed by atoms with van der Waals surface area (Å²) in [6.07, 6.45) is 5.51. The Morgan fingerprint density at radius 2 is 1.81 bits per heavy atom. The maximum Gasteiger partial charge on any atom is 0.126 e. The zero-order chi connectivity index (χ0) is 18.6. The van der Waals surface area contributed by atoms with Crippen LogP contribution < -0.4 is 10.2 Å². The molecule has 5 nitrogen and oxygen atoms in total. The van der Waals surface area contributed by atoms with Crippen molar-refractivity contribution >= 4 is 22.4 Å². The first-order valence-electron chi connectivity index (χ1n) is 8.86. The molecule has 27 heavy (non-hydrogen) atoms. The van der Waals surface area contributed by atoms with E-state index in [1.165, 1.54) is 5.69 Å². The topological polar surface area (TPSA) is 53.9 Å². The van der Waals surface area contributed by atoms with Crippen LogP contribution in [0, 0.1) is 0 Å². The molecule has 0 aliphatic carbocycles. The van der Waals surface area contributed by atoms with Gasteiger partial charge in [0.05, 0.1) is 11.2 Å². The number of anilines is 2. The van der Waals surface area contributed by atoms with E-state index in [1.807, 2.05) is 56.8 Å². The number of nitrogens with one attached hydrogen (secondary N) is 1. The van der Waals surface area contributed by atoms with Gasteiger partial charge in [0.1, 0.15) is 5.82 Å².